The number of hydrogen-bond donors (Lipinski definition) is 4. The average Bonchev–Trinajstić information content (AvgIpc) is 3.48. The van der Waals surface area contributed by atoms with Gasteiger partial charge >= 0.3 is 6.09 Å². The number of carbonyl (C=O) groups is 2. The lowest BCUT2D eigenvalue weighted by Gasteiger charge is -2.21. The van der Waals surface area contributed by atoms with Crippen LogP contribution in [0.3, 0.4) is 0 Å². The molecule has 0 radical (unpaired) electrons. The molecule has 3 heterocycles. The number of aliphatic hydroxyl groups excluding tert-OH is 2. The fourth-order valence-electron chi connectivity index (χ4n) is 3.90. The zero-order valence-electron chi connectivity index (χ0n) is 19.7. The lowest BCUT2D eigenvalue weighted by atomic mass is 10.1. The van der Waals surface area contributed by atoms with Gasteiger partial charge in [0.2, 0.25) is 0 Å². The third-order valence-electron chi connectivity index (χ3n) is 5.88. The van der Waals surface area contributed by atoms with Crippen molar-refractivity contribution in [3.63, 3.8) is 0 Å². The number of nitrogens with two attached hydrogens (primary N) is 1. The molecule has 4 atom stereocenters. The third kappa shape index (κ3) is 5.45. The Morgan fingerprint density at radius 1 is 1.31 bits per heavy atom. The van der Waals surface area contributed by atoms with Crippen LogP contribution in [0.15, 0.2) is 6.33 Å². The van der Waals surface area contributed by atoms with Crippen LogP contribution in [0.4, 0.5) is 10.6 Å². The minimum Gasteiger partial charge on any atom is -0.453 e. The van der Waals surface area contributed by atoms with Crippen molar-refractivity contribution in [2.75, 3.05) is 32.6 Å². The van der Waals surface area contributed by atoms with Crippen LogP contribution in [0.5, 0.6) is 0 Å². The number of amides is 2. The number of carbonyl (C=O) groups excluding carboxylic acids is 2. The van der Waals surface area contributed by atoms with Crippen LogP contribution in [-0.4, -0.2) is 97.9 Å². The van der Waals surface area contributed by atoms with Gasteiger partial charge in [-0.1, -0.05) is 0 Å². The van der Waals surface area contributed by atoms with Gasteiger partial charge in [-0.25, -0.2) is 19.7 Å². The van der Waals surface area contributed by atoms with Crippen LogP contribution < -0.4 is 11.1 Å². The average molecular weight is 494 g/mol. The van der Waals surface area contributed by atoms with Crippen LogP contribution in [-0.2, 0) is 25.5 Å². The lowest BCUT2D eigenvalue weighted by Crippen LogP contribution is -2.43. The van der Waals surface area contributed by atoms with Crippen molar-refractivity contribution < 1.29 is 34.0 Å². The van der Waals surface area contributed by atoms with Gasteiger partial charge in [0, 0.05) is 25.8 Å². The van der Waals surface area contributed by atoms with E-state index < -0.39 is 36.5 Å². The molecule has 192 valence electrons. The summed E-state index contributed by atoms with van der Waals surface area (Å²) in [5.41, 5.74) is 6.58. The first kappa shape index (κ1) is 25.0. The van der Waals surface area contributed by atoms with Gasteiger partial charge in [-0.2, -0.15) is 0 Å². The molecular weight excluding hydrogens is 462 g/mol. The first-order valence-corrected chi connectivity index (χ1v) is 11.6. The summed E-state index contributed by atoms with van der Waals surface area (Å²) < 4.78 is 17.3. The number of nitrogen functional groups attached to an aromatic ring is 1. The van der Waals surface area contributed by atoms with Crippen LogP contribution in [0, 0.1) is 0 Å². The molecular formula is C21H31N7O7. The highest BCUT2D eigenvalue weighted by Crippen LogP contribution is 2.33. The lowest BCUT2D eigenvalue weighted by molar-refractivity contribution is -0.137. The van der Waals surface area contributed by atoms with Gasteiger partial charge in [-0.05, 0) is 26.2 Å². The molecule has 0 bridgehead atoms. The monoisotopic (exact) mass is 493 g/mol. The molecule has 2 aromatic heterocycles. The summed E-state index contributed by atoms with van der Waals surface area (Å²) in [6, 6.07) is 0.0740. The maximum atomic E-state index is 12.4. The minimum absolute atomic E-state index is 0.00718. The van der Waals surface area contributed by atoms with E-state index in [-0.39, 0.29) is 35.4 Å². The van der Waals surface area contributed by atoms with Gasteiger partial charge < -0.3 is 40.4 Å². The molecule has 2 amide bonds. The molecule has 1 saturated heterocycles. The molecule has 2 unspecified atom stereocenters. The first-order chi connectivity index (χ1) is 16.8. The van der Waals surface area contributed by atoms with E-state index in [0.717, 1.165) is 12.8 Å². The Morgan fingerprint density at radius 3 is 2.77 bits per heavy atom. The smallest absolute Gasteiger partial charge is 0.409 e. The molecule has 5 N–H and O–H groups in total. The molecule has 2 fully saturated rings. The van der Waals surface area contributed by atoms with Gasteiger partial charge in [0.1, 0.15) is 17.7 Å². The van der Waals surface area contributed by atoms with Crippen LogP contribution in [0.1, 0.15) is 38.2 Å². The van der Waals surface area contributed by atoms with Crippen molar-refractivity contribution in [2.24, 2.45) is 0 Å². The van der Waals surface area contributed by atoms with E-state index in [2.05, 4.69) is 20.3 Å². The van der Waals surface area contributed by atoms with E-state index in [9.17, 15) is 19.8 Å². The normalized spacial score (nSPS) is 24.0. The molecule has 14 heteroatoms. The maximum absolute atomic E-state index is 12.4. The van der Waals surface area contributed by atoms with E-state index in [4.69, 9.17) is 19.9 Å². The predicted molar refractivity (Wildman–Crippen MR) is 121 cm³/mol. The molecule has 14 nitrogen and oxygen atoms in total. The number of aromatic nitrogens is 4. The number of aliphatic hydroxyl groups is 2. The Bertz CT molecular complexity index is 1060. The van der Waals surface area contributed by atoms with Crippen molar-refractivity contribution in [2.45, 2.75) is 63.3 Å². The Kier molecular flexibility index (Phi) is 7.64. The quantitative estimate of drug-likeness (QED) is 0.307. The van der Waals surface area contributed by atoms with Crippen molar-refractivity contribution in [3.8, 4) is 0 Å². The van der Waals surface area contributed by atoms with Gasteiger partial charge in [0.15, 0.2) is 29.6 Å². The molecule has 2 aliphatic rings. The van der Waals surface area contributed by atoms with Crippen LogP contribution in [0.2, 0.25) is 0 Å². The van der Waals surface area contributed by atoms with Gasteiger partial charge in [-0.3, -0.25) is 9.36 Å². The van der Waals surface area contributed by atoms with Crippen LogP contribution >= 0.6 is 0 Å². The molecule has 2 aromatic rings. The van der Waals surface area contributed by atoms with Crippen molar-refractivity contribution >= 4 is 29.0 Å². The molecule has 1 saturated carbocycles. The highest BCUT2D eigenvalue weighted by Gasteiger charge is 2.48. The van der Waals surface area contributed by atoms with E-state index >= 15 is 0 Å². The van der Waals surface area contributed by atoms with E-state index in [1.807, 2.05) is 6.92 Å². The molecule has 4 rings (SSSR count). The minimum atomic E-state index is -1.44. The fourth-order valence-corrected chi connectivity index (χ4v) is 3.90. The second-order valence-electron chi connectivity index (χ2n) is 8.50. The Hall–Kier alpha value is -3.07. The highest BCUT2D eigenvalue weighted by atomic mass is 16.6. The van der Waals surface area contributed by atoms with Gasteiger partial charge in [-0.15, -0.1) is 0 Å². The predicted octanol–water partition coefficient (Wildman–Crippen LogP) is -0.699. The Morgan fingerprint density at radius 2 is 2.09 bits per heavy atom. The number of rotatable bonds is 10. The topological polar surface area (TPSA) is 187 Å². The zero-order chi connectivity index (χ0) is 25.1. The number of ether oxygens (including phenoxy) is 3. The van der Waals surface area contributed by atoms with Gasteiger partial charge in [0.25, 0.3) is 5.91 Å². The summed E-state index contributed by atoms with van der Waals surface area (Å²) in [6.07, 6.45) is -2.09. The number of hydrogen-bond acceptors (Lipinski definition) is 11. The van der Waals surface area contributed by atoms with Crippen LogP contribution in [0.25, 0.3) is 11.2 Å². The van der Waals surface area contributed by atoms with Crippen molar-refractivity contribution in [1.29, 1.82) is 0 Å². The van der Waals surface area contributed by atoms with E-state index in [1.54, 1.807) is 0 Å². The number of fused-ring (bicyclic) bond motifs is 1. The summed E-state index contributed by atoms with van der Waals surface area (Å²) in [6.45, 7) is 3.30. The number of nitrogens with one attached hydrogen (secondary N) is 1. The Balaban J connectivity index is 1.56. The highest BCUT2D eigenvalue weighted by molar-refractivity contribution is 5.83. The number of imidazole rings is 1. The van der Waals surface area contributed by atoms with E-state index in [0.29, 0.717) is 26.2 Å². The maximum Gasteiger partial charge on any atom is 0.409 e. The van der Waals surface area contributed by atoms with Gasteiger partial charge in [0.05, 0.1) is 20.0 Å². The second-order valence-corrected chi connectivity index (χ2v) is 8.50. The summed E-state index contributed by atoms with van der Waals surface area (Å²) in [5, 5.41) is 23.8. The third-order valence-corrected chi connectivity index (χ3v) is 5.88. The standard InChI is InChI=1S/C21H31N7O7/c1-3-34-8-4-7-27(21(32)33-2)9-12-25-17(22)13-18(26-12)28(10-23-13)20-15(30)14(29)16(35-20)19(31)24-11-5-6-11/h10-11,14-16,20,29-30H,3-9H2,1-2H3,(H,24,31)(H2,22,25,26)/t14?,15?,16-,20+/m0/s1. The molecule has 0 spiro atoms. The van der Waals surface area contributed by atoms with E-state index in [1.165, 1.54) is 22.9 Å². The molecule has 1 aliphatic carbocycles. The molecule has 1 aliphatic heterocycles. The Labute approximate surface area is 201 Å². The molecule has 35 heavy (non-hydrogen) atoms. The summed E-state index contributed by atoms with van der Waals surface area (Å²) in [5.74, 6) is -0.199. The van der Waals surface area contributed by atoms with Crippen molar-refractivity contribution in [1.82, 2.24) is 29.7 Å². The zero-order valence-corrected chi connectivity index (χ0v) is 19.7. The number of nitrogens with zero attached hydrogens (tertiary/aromatic N) is 5. The summed E-state index contributed by atoms with van der Waals surface area (Å²) >= 11 is 0. The fraction of sp³-hybridized carbons (Fsp3) is 0.667. The second kappa shape index (κ2) is 10.7. The first-order valence-electron chi connectivity index (χ1n) is 11.6. The van der Waals surface area contributed by atoms with Crippen molar-refractivity contribution in [3.05, 3.63) is 12.2 Å². The largest absolute Gasteiger partial charge is 0.453 e. The summed E-state index contributed by atoms with van der Waals surface area (Å²) in [4.78, 5) is 39.1. The SMILES string of the molecule is CCOCCCN(Cc1nc(N)c2ncn([C@@H]3O[C@H](C(=O)NC4CC4)C(O)C3O)c2n1)C(=O)OC. The summed E-state index contributed by atoms with van der Waals surface area (Å²) in [7, 11) is 1.28. The molecule has 0 aromatic carbocycles. The number of methoxy groups -OCH3 is 1. The number of anilines is 1.